The largest absolute Gasteiger partial charge is 0.372 e. The van der Waals surface area contributed by atoms with E-state index in [4.69, 9.17) is 9.72 Å². The van der Waals surface area contributed by atoms with E-state index in [9.17, 15) is 4.79 Å². The Morgan fingerprint density at radius 3 is 2.97 bits per heavy atom. The van der Waals surface area contributed by atoms with Gasteiger partial charge in [-0.2, -0.15) is 0 Å². The number of benzene rings is 1. The molecule has 1 aliphatic rings. The molecule has 3 heterocycles. The van der Waals surface area contributed by atoms with Gasteiger partial charge < -0.3 is 4.74 Å². The van der Waals surface area contributed by atoms with E-state index < -0.39 is 0 Å². The van der Waals surface area contributed by atoms with E-state index in [0.29, 0.717) is 23.4 Å². The summed E-state index contributed by atoms with van der Waals surface area (Å²) in [5.74, 6) is 1.05. The van der Waals surface area contributed by atoms with Crippen molar-refractivity contribution in [2.24, 2.45) is 5.92 Å². The maximum atomic E-state index is 13.8. The van der Waals surface area contributed by atoms with Gasteiger partial charge in [-0.05, 0) is 40.6 Å². The van der Waals surface area contributed by atoms with Crippen LogP contribution in [0.5, 0.6) is 0 Å². The normalized spacial score (nSPS) is 16.4. The Hall–Kier alpha value is -1.41. The predicted molar refractivity (Wildman–Crippen MR) is 126 cm³/mol. The quantitative estimate of drug-likeness (QED) is 0.332. The van der Waals surface area contributed by atoms with Crippen molar-refractivity contribution in [1.82, 2.24) is 9.55 Å². The van der Waals surface area contributed by atoms with E-state index in [1.165, 1.54) is 11.8 Å². The minimum Gasteiger partial charge on any atom is -0.372 e. The lowest BCUT2D eigenvalue weighted by Gasteiger charge is -2.26. The van der Waals surface area contributed by atoms with Crippen molar-refractivity contribution in [3.8, 4) is 5.69 Å². The first-order valence-corrected chi connectivity index (χ1v) is 12.2. The molecule has 0 spiro atoms. The van der Waals surface area contributed by atoms with Gasteiger partial charge >= 0.3 is 0 Å². The van der Waals surface area contributed by atoms with Crippen LogP contribution in [0.2, 0.25) is 0 Å². The summed E-state index contributed by atoms with van der Waals surface area (Å²) in [5, 5.41) is 1.44. The van der Waals surface area contributed by atoms with Gasteiger partial charge in [0.1, 0.15) is 4.83 Å². The Labute approximate surface area is 187 Å². The molecule has 0 aliphatic carbocycles. The fraction of sp³-hybridized carbons (Fsp3) is 0.364. The molecule has 1 aliphatic heterocycles. The molecule has 0 bridgehead atoms. The van der Waals surface area contributed by atoms with Crippen LogP contribution in [-0.2, 0) is 17.8 Å². The zero-order valence-corrected chi connectivity index (χ0v) is 19.9. The summed E-state index contributed by atoms with van der Waals surface area (Å²) < 4.78 is 8.65. The zero-order chi connectivity index (χ0) is 20.7. The van der Waals surface area contributed by atoms with E-state index in [0.717, 1.165) is 42.8 Å². The second kappa shape index (κ2) is 8.38. The first-order chi connectivity index (χ1) is 13.8. The van der Waals surface area contributed by atoms with Crippen molar-refractivity contribution in [3.05, 3.63) is 61.7 Å². The molecule has 1 aromatic carbocycles. The molecule has 1 unspecified atom stereocenters. The molecule has 7 heteroatoms. The first-order valence-electron chi connectivity index (χ1n) is 9.57. The molecule has 3 aromatic rings. The van der Waals surface area contributed by atoms with Gasteiger partial charge in [0.15, 0.2) is 5.16 Å². The highest BCUT2D eigenvalue weighted by Gasteiger charge is 2.28. The molecule has 152 valence electrons. The Morgan fingerprint density at radius 1 is 1.48 bits per heavy atom. The van der Waals surface area contributed by atoms with Crippen molar-refractivity contribution in [2.45, 2.75) is 45.1 Å². The Bertz CT molecular complexity index is 1150. The molecule has 4 nitrogen and oxygen atoms in total. The Balaban J connectivity index is 1.94. The number of nitrogens with zero attached hydrogens (tertiary/aromatic N) is 2. The van der Waals surface area contributed by atoms with Gasteiger partial charge in [0.2, 0.25) is 0 Å². The smallest absolute Gasteiger partial charge is 0.267 e. The third kappa shape index (κ3) is 4.10. The summed E-state index contributed by atoms with van der Waals surface area (Å²) in [6.45, 7) is 10.8. The number of halogens is 1. The lowest BCUT2D eigenvalue weighted by atomic mass is 9.96. The summed E-state index contributed by atoms with van der Waals surface area (Å²) in [4.78, 5) is 20.6. The molecule has 4 rings (SSSR count). The number of aromatic nitrogens is 2. The highest BCUT2D eigenvalue weighted by Crippen LogP contribution is 2.36. The molecule has 0 fully saturated rings. The zero-order valence-electron chi connectivity index (χ0n) is 16.7. The van der Waals surface area contributed by atoms with Crippen LogP contribution in [0.3, 0.4) is 0 Å². The third-order valence-electron chi connectivity index (χ3n) is 5.07. The lowest BCUT2D eigenvalue weighted by Crippen LogP contribution is -2.28. The van der Waals surface area contributed by atoms with Crippen molar-refractivity contribution in [1.29, 1.82) is 0 Å². The highest BCUT2D eigenvalue weighted by atomic mass is 79.9. The first kappa shape index (κ1) is 20.8. The van der Waals surface area contributed by atoms with E-state index in [1.54, 1.807) is 15.9 Å². The van der Waals surface area contributed by atoms with Crippen LogP contribution in [0.15, 0.2) is 45.3 Å². The number of fused-ring (bicyclic) bond motifs is 3. The molecule has 0 amide bonds. The summed E-state index contributed by atoms with van der Waals surface area (Å²) >= 11 is 6.52. The minimum absolute atomic E-state index is 0.00481. The summed E-state index contributed by atoms with van der Waals surface area (Å²) in [7, 11) is 0. The van der Waals surface area contributed by atoms with Gasteiger partial charge in [-0.15, -0.1) is 11.3 Å². The van der Waals surface area contributed by atoms with E-state index in [1.807, 2.05) is 31.2 Å². The second-order valence-electron chi connectivity index (χ2n) is 7.66. The van der Waals surface area contributed by atoms with Gasteiger partial charge in [-0.25, -0.2) is 4.98 Å². The molecule has 2 aromatic heterocycles. The summed E-state index contributed by atoms with van der Waals surface area (Å²) in [6.07, 6.45) is 0.903. The van der Waals surface area contributed by atoms with Gasteiger partial charge in [-0.1, -0.05) is 60.3 Å². The fourth-order valence-electron chi connectivity index (χ4n) is 3.57. The molecule has 0 N–H and O–H groups in total. The van der Waals surface area contributed by atoms with E-state index >= 15 is 0 Å². The molecule has 0 saturated carbocycles. The third-order valence-corrected chi connectivity index (χ3v) is 7.85. The van der Waals surface area contributed by atoms with E-state index in [-0.39, 0.29) is 11.7 Å². The number of thioether (sulfide) groups is 1. The molecule has 1 atom stereocenters. The summed E-state index contributed by atoms with van der Waals surface area (Å²) in [6, 6.07) is 8.00. The number of hydrogen-bond donors (Lipinski definition) is 0. The minimum atomic E-state index is 0.00481. The van der Waals surface area contributed by atoms with Crippen LogP contribution >= 0.6 is 39.0 Å². The van der Waals surface area contributed by atoms with Gasteiger partial charge in [0.05, 0.1) is 23.8 Å². The predicted octanol–water partition coefficient (Wildman–Crippen LogP) is 5.85. The second-order valence-corrected chi connectivity index (χ2v) is 10.8. The number of aryl methyl sites for hydroxylation is 1. The van der Waals surface area contributed by atoms with E-state index in [2.05, 4.69) is 36.4 Å². The number of ether oxygens (including phenoxy) is 1. The van der Waals surface area contributed by atoms with Crippen molar-refractivity contribution >= 4 is 49.2 Å². The number of rotatable bonds is 5. The average Bonchev–Trinajstić information content (AvgIpc) is 3.04. The fourth-order valence-corrected chi connectivity index (χ4v) is 5.84. The standard InChI is InChI=1S/C22H23BrN2O2S2/c1-12(2)17-9-16-18(10-27-17)29-20-19(16)21(26)25(15-7-5-6-13(3)8-15)22(24-20)28-11-14(4)23/h5-8,12,17H,4,9-11H2,1-3H3. The average molecular weight is 491 g/mol. The maximum absolute atomic E-state index is 13.8. The monoisotopic (exact) mass is 490 g/mol. The van der Waals surface area contributed by atoms with Gasteiger partial charge in [-0.3, -0.25) is 9.36 Å². The van der Waals surface area contributed by atoms with Crippen molar-refractivity contribution < 1.29 is 4.74 Å². The van der Waals surface area contributed by atoms with Crippen LogP contribution in [0, 0.1) is 12.8 Å². The van der Waals surface area contributed by atoms with Crippen LogP contribution in [0.1, 0.15) is 29.9 Å². The SMILES string of the molecule is C=C(Br)CSc1nc2sc3c(c2c(=O)n1-c1cccc(C)c1)CC(C(C)C)OC3. The number of thiophene rings is 1. The molecular weight excluding hydrogens is 468 g/mol. The van der Waals surface area contributed by atoms with Crippen LogP contribution in [0.4, 0.5) is 0 Å². The molecule has 29 heavy (non-hydrogen) atoms. The molecule has 0 saturated heterocycles. The van der Waals surface area contributed by atoms with Crippen LogP contribution in [0.25, 0.3) is 15.9 Å². The molecular formula is C22H23BrN2O2S2. The van der Waals surface area contributed by atoms with Gasteiger partial charge in [0, 0.05) is 17.1 Å². The van der Waals surface area contributed by atoms with Crippen LogP contribution < -0.4 is 5.56 Å². The van der Waals surface area contributed by atoms with Crippen molar-refractivity contribution in [3.63, 3.8) is 0 Å². The maximum Gasteiger partial charge on any atom is 0.267 e. The summed E-state index contributed by atoms with van der Waals surface area (Å²) in [5.41, 5.74) is 3.08. The lowest BCUT2D eigenvalue weighted by molar-refractivity contribution is 0.00200. The Kier molecular flexibility index (Phi) is 6.02. The van der Waals surface area contributed by atoms with Crippen LogP contribution in [-0.4, -0.2) is 21.4 Å². The number of hydrogen-bond acceptors (Lipinski definition) is 5. The molecule has 0 radical (unpaired) electrons. The topological polar surface area (TPSA) is 44.1 Å². The Morgan fingerprint density at radius 2 is 2.28 bits per heavy atom. The van der Waals surface area contributed by atoms with Crippen molar-refractivity contribution in [2.75, 3.05) is 5.75 Å². The van der Waals surface area contributed by atoms with Gasteiger partial charge in [0.25, 0.3) is 5.56 Å². The highest BCUT2D eigenvalue weighted by molar-refractivity contribution is 9.11.